The zero-order valence-electron chi connectivity index (χ0n) is 16.6. The van der Waals surface area contributed by atoms with E-state index in [9.17, 15) is 14.0 Å². The first-order valence-electron chi connectivity index (χ1n) is 9.33. The van der Waals surface area contributed by atoms with Gasteiger partial charge in [-0.05, 0) is 37.8 Å². The Bertz CT molecular complexity index is 654. The third-order valence-electron chi connectivity index (χ3n) is 3.86. The molecule has 0 saturated heterocycles. The molecule has 27 heavy (non-hydrogen) atoms. The molecular formula is C20H29ClFNO3S. The number of amides is 1. The Morgan fingerprint density at radius 2 is 1.93 bits per heavy atom. The molecule has 1 amide bonds. The van der Waals surface area contributed by atoms with E-state index in [0.29, 0.717) is 17.7 Å². The predicted octanol–water partition coefficient (Wildman–Crippen LogP) is 6.07. The standard InChI is InChI=1S/C20H29ClFNO3S/c1-6-8-17(20(25)26-13(5)7-2)27-18-11-16(15(22)10-14(18)21)23-19(24)9-12(3)4/h10-13,17H,6-9H2,1-5H3,(H,23,24). The van der Waals surface area contributed by atoms with Crippen LogP contribution in [0.5, 0.6) is 0 Å². The van der Waals surface area contributed by atoms with Gasteiger partial charge in [-0.2, -0.15) is 0 Å². The summed E-state index contributed by atoms with van der Waals surface area (Å²) in [6.45, 7) is 9.60. The third kappa shape index (κ3) is 8.09. The minimum Gasteiger partial charge on any atom is -0.462 e. The second-order valence-corrected chi connectivity index (χ2v) is 8.61. The second kappa shape index (κ2) is 11.5. The number of thioether (sulfide) groups is 1. The summed E-state index contributed by atoms with van der Waals surface area (Å²) in [5.74, 6) is -1.00. The van der Waals surface area contributed by atoms with Gasteiger partial charge in [-0.15, -0.1) is 11.8 Å². The summed E-state index contributed by atoms with van der Waals surface area (Å²) < 4.78 is 19.6. The Morgan fingerprint density at radius 1 is 1.26 bits per heavy atom. The van der Waals surface area contributed by atoms with Crippen molar-refractivity contribution in [2.24, 2.45) is 5.92 Å². The molecule has 1 aromatic rings. The molecule has 1 rings (SSSR count). The number of anilines is 1. The maximum absolute atomic E-state index is 14.2. The van der Waals surface area contributed by atoms with Crippen molar-refractivity contribution in [3.63, 3.8) is 0 Å². The lowest BCUT2D eigenvalue weighted by atomic mass is 10.1. The molecule has 4 nitrogen and oxygen atoms in total. The summed E-state index contributed by atoms with van der Waals surface area (Å²) in [5, 5.41) is 2.35. The van der Waals surface area contributed by atoms with Crippen molar-refractivity contribution in [3.05, 3.63) is 23.0 Å². The predicted molar refractivity (Wildman–Crippen MR) is 110 cm³/mol. The van der Waals surface area contributed by atoms with E-state index in [4.69, 9.17) is 16.3 Å². The van der Waals surface area contributed by atoms with Crippen LogP contribution in [0.3, 0.4) is 0 Å². The number of benzene rings is 1. The van der Waals surface area contributed by atoms with Gasteiger partial charge in [0, 0.05) is 11.3 Å². The lowest BCUT2D eigenvalue weighted by Crippen LogP contribution is -2.24. The van der Waals surface area contributed by atoms with Gasteiger partial charge in [0.25, 0.3) is 0 Å². The molecule has 0 aromatic heterocycles. The molecule has 0 aliphatic rings. The number of halogens is 2. The first-order valence-corrected chi connectivity index (χ1v) is 10.6. The van der Waals surface area contributed by atoms with Crippen molar-refractivity contribution in [1.29, 1.82) is 0 Å². The Hall–Kier alpha value is -1.27. The van der Waals surface area contributed by atoms with Crippen LogP contribution in [0.1, 0.15) is 60.3 Å². The van der Waals surface area contributed by atoms with Gasteiger partial charge >= 0.3 is 5.97 Å². The van der Waals surface area contributed by atoms with Crippen LogP contribution in [-0.4, -0.2) is 23.2 Å². The summed E-state index contributed by atoms with van der Waals surface area (Å²) in [6, 6.07) is 2.65. The van der Waals surface area contributed by atoms with Crippen molar-refractivity contribution in [3.8, 4) is 0 Å². The molecule has 0 fully saturated rings. The Kier molecular flexibility index (Phi) is 10.2. The van der Waals surface area contributed by atoms with Gasteiger partial charge < -0.3 is 10.1 Å². The number of ether oxygens (including phenoxy) is 1. The number of hydrogen-bond donors (Lipinski definition) is 1. The molecule has 0 spiro atoms. The minimum atomic E-state index is -0.601. The van der Waals surface area contributed by atoms with Gasteiger partial charge in [-0.3, -0.25) is 9.59 Å². The van der Waals surface area contributed by atoms with E-state index in [1.807, 2.05) is 34.6 Å². The second-order valence-electron chi connectivity index (χ2n) is 6.96. The van der Waals surface area contributed by atoms with E-state index in [2.05, 4.69) is 5.32 Å². The summed E-state index contributed by atoms with van der Waals surface area (Å²) in [6.07, 6.45) is 2.28. The Labute approximate surface area is 170 Å². The highest BCUT2D eigenvalue weighted by Crippen LogP contribution is 2.36. The van der Waals surface area contributed by atoms with Gasteiger partial charge in [0.15, 0.2) is 0 Å². The molecule has 1 N–H and O–H groups in total. The van der Waals surface area contributed by atoms with E-state index in [1.165, 1.54) is 17.8 Å². The minimum absolute atomic E-state index is 0.0677. The number of carbonyl (C=O) groups excluding carboxylic acids is 2. The molecule has 0 saturated carbocycles. The van der Waals surface area contributed by atoms with Gasteiger partial charge in [-0.25, -0.2) is 4.39 Å². The molecule has 0 bridgehead atoms. The van der Waals surface area contributed by atoms with E-state index in [1.54, 1.807) is 0 Å². The first kappa shape index (κ1) is 23.8. The average molecular weight is 418 g/mol. The zero-order chi connectivity index (χ0) is 20.6. The van der Waals surface area contributed by atoms with Gasteiger partial charge in [0.1, 0.15) is 11.1 Å². The molecule has 0 radical (unpaired) electrons. The highest BCUT2D eigenvalue weighted by molar-refractivity contribution is 8.00. The van der Waals surface area contributed by atoms with Crippen LogP contribution in [0.25, 0.3) is 0 Å². The molecule has 2 atom stereocenters. The highest BCUT2D eigenvalue weighted by Gasteiger charge is 2.24. The van der Waals surface area contributed by atoms with Crippen molar-refractivity contribution in [2.45, 2.75) is 76.6 Å². The maximum Gasteiger partial charge on any atom is 0.319 e. The lowest BCUT2D eigenvalue weighted by molar-refractivity contribution is -0.147. The molecule has 1 aromatic carbocycles. The highest BCUT2D eigenvalue weighted by atomic mass is 35.5. The van der Waals surface area contributed by atoms with Crippen molar-refractivity contribution in [1.82, 2.24) is 0 Å². The number of nitrogens with one attached hydrogen (secondary N) is 1. The topological polar surface area (TPSA) is 55.4 Å². The van der Waals surface area contributed by atoms with Gasteiger partial charge in [0.05, 0.1) is 16.8 Å². The van der Waals surface area contributed by atoms with E-state index in [-0.39, 0.29) is 34.6 Å². The number of rotatable bonds is 10. The van der Waals surface area contributed by atoms with Crippen molar-refractivity contribution >= 4 is 40.9 Å². The summed E-state index contributed by atoms with van der Waals surface area (Å²) in [7, 11) is 0. The molecule has 7 heteroatoms. The maximum atomic E-state index is 14.2. The normalized spacial score (nSPS) is 13.3. The van der Waals surface area contributed by atoms with Crippen LogP contribution in [0.4, 0.5) is 10.1 Å². The van der Waals surface area contributed by atoms with Crippen LogP contribution in [-0.2, 0) is 14.3 Å². The fourth-order valence-electron chi connectivity index (χ4n) is 2.29. The van der Waals surface area contributed by atoms with Crippen LogP contribution in [0.2, 0.25) is 5.02 Å². The molecule has 2 unspecified atom stereocenters. The lowest BCUT2D eigenvalue weighted by Gasteiger charge is -2.19. The number of hydrogen-bond acceptors (Lipinski definition) is 4. The van der Waals surface area contributed by atoms with E-state index in [0.717, 1.165) is 18.9 Å². The molecule has 0 aliphatic carbocycles. The van der Waals surface area contributed by atoms with E-state index < -0.39 is 11.1 Å². The smallest absolute Gasteiger partial charge is 0.319 e. The first-order chi connectivity index (χ1) is 12.7. The largest absolute Gasteiger partial charge is 0.462 e. The van der Waals surface area contributed by atoms with Gasteiger partial charge in [0.2, 0.25) is 5.91 Å². The third-order valence-corrected chi connectivity index (χ3v) is 5.59. The fraction of sp³-hybridized carbons (Fsp3) is 0.600. The summed E-state index contributed by atoms with van der Waals surface area (Å²) in [5.41, 5.74) is 0.0677. The van der Waals surface area contributed by atoms with Gasteiger partial charge in [-0.1, -0.05) is 45.7 Å². The Morgan fingerprint density at radius 3 is 2.48 bits per heavy atom. The number of carbonyl (C=O) groups is 2. The quantitative estimate of drug-likeness (QED) is 0.371. The zero-order valence-corrected chi connectivity index (χ0v) is 18.2. The molecule has 0 aliphatic heterocycles. The molecular weight excluding hydrogens is 389 g/mol. The fourth-order valence-corrected chi connectivity index (χ4v) is 3.74. The Balaban J connectivity index is 3.00. The average Bonchev–Trinajstić information content (AvgIpc) is 2.57. The van der Waals surface area contributed by atoms with Crippen LogP contribution in [0.15, 0.2) is 17.0 Å². The number of esters is 1. The summed E-state index contributed by atoms with van der Waals surface area (Å²) >= 11 is 7.42. The van der Waals surface area contributed by atoms with Crippen LogP contribution >= 0.6 is 23.4 Å². The SMILES string of the molecule is CCCC(Sc1cc(NC(=O)CC(C)C)c(F)cc1Cl)C(=O)OC(C)CC. The van der Waals surface area contributed by atoms with E-state index >= 15 is 0 Å². The van der Waals surface area contributed by atoms with Crippen LogP contribution in [0, 0.1) is 11.7 Å². The molecule has 0 heterocycles. The van der Waals surface area contributed by atoms with Crippen molar-refractivity contribution in [2.75, 3.05) is 5.32 Å². The van der Waals surface area contributed by atoms with Crippen LogP contribution < -0.4 is 5.32 Å². The molecule has 152 valence electrons. The van der Waals surface area contributed by atoms with Crippen molar-refractivity contribution < 1.29 is 18.7 Å². The summed E-state index contributed by atoms with van der Waals surface area (Å²) in [4.78, 5) is 24.9. The monoisotopic (exact) mass is 417 g/mol.